The number of fused-ring (bicyclic) bond motifs is 1. The number of para-hydroxylation sites is 1. The molecule has 3 aromatic rings. The van der Waals surface area contributed by atoms with Crippen LogP contribution in [0.1, 0.15) is 27.2 Å². The molecule has 1 heterocycles. The molecule has 3 rings (SSSR count). The highest BCUT2D eigenvalue weighted by Crippen LogP contribution is 2.24. The number of nitrogens with zero attached hydrogens (tertiary/aromatic N) is 1. The molecule has 0 aliphatic carbocycles. The van der Waals surface area contributed by atoms with Gasteiger partial charge in [-0.15, -0.1) is 0 Å². The summed E-state index contributed by atoms with van der Waals surface area (Å²) in [5.74, 6) is -1.67. The third-order valence-corrected chi connectivity index (χ3v) is 4.27. The fourth-order valence-electron chi connectivity index (χ4n) is 2.87. The quantitative estimate of drug-likeness (QED) is 0.490. The van der Waals surface area contributed by atoms with E-state index in [4.69, 9.17) is 9.47 Å². The molecule has 0 spiro atoms. The Bertz CT molecular complexity index is 1080. The van der Waals surface area contributed by atoms with Crippen molar-refractivity contribution in [1.82, 2.24) is 4.98 Å². The Morgan fingerprint density at radius 2 is 1.82 bits per heavy atom. The summed E-state index contributed by atoms with van der Waals surface area (Å²) in [7, 11) is 1.28. The molecule has 0 bridgehead atoms. The van der Waals surface area contributed by atoms with Crippen molar-refractivity contribution in [3.63, 3.8) is 0 Å². The largest absolute Gasteiger partial charge is 0.465 e. The van der Waals surface area contributed by atoms with Crippen molar-refractivity contribution in [3.8, 4) is 0 Å². The number of esters is 2. The Balaban J connectivity index is 1.84. The fraction of sp³-hybridized carbons (Fsp3) is 0.136. The summed E-state index contributed by atoms with van der Waals surface area (Å²) in [5, 5.41) is 0.817. The van der Waals surface area contributed by atoms with Gasteiger partial charge in [-0.3, -0.25) is 0 Å². The molecule has 0 unspecified atom stereocenters. The normalized spacial score (nSPS) is 11.0. The molecule has 0 fully saturated rings. The molecule has 0 aliphatic rings. The van der Waals surface area contributed by atoms with Crippen LogP contribution in [0.3, 0.4) is 0 Å². The van der Waals surface area contributed by atoms with Crippen LogP contribution in [0.25, 0.3) is 17.0 Å². The molecular weight excluding hydrogens is 361 g/mol. The molecule has 0 N–H and O–H groups in total. The van der Waals surface area contributed by atoms with Crippen LogP contribution in [0.15, 0.2) is 54.6 Å². The van der Waals surface area contributed by atoms with Gasteiger partial charge >= 0.3 is 11.9 Å². The van der Waals surface area contributed by atoms with Crippen molar-refractivity contribution >= 4 is 28.9 Å². The smallest absolute Gasteiger partial charge is 0.340 e. The number of halogens is 1. The Kier molecular flexibility index (Phi) is 5.79. The number of carbonyl (C=O) groups is 2. The first-order valence-corrected chi connectivity index (χ1v) is 8.57. The maximum atomic E-state index is 13.6. The van der Waals surface area contributed by atoms with Gasteiger partial charge in [0, 0.05) is 17.0 Å². The lowest BCUT2D eigenvalue weighted by atomic mass is 10.0. The minimum atomic E-state index is -0.674. The number of ether oxygens (including phenoxy) is 2. The summed E-state index contributed by atoms with van der Waals surface area (Å²) in [6.07, 6.45) is 2.46. The van der Waals surface area contributed by atoms with E-state index in [-0.39, 0.29) is 17.7 Å². The van der Waals surface area contributed by atoms with E-state index in [0.29, 0.717) is 16.8 Å². The van der Waals surface area contributed by atoms with Gasteiger partial charge in [-0.05, 0) is 30.7 Å². The third kappa shape index (κ3) is 4.06. The zero-order chi connectivity index (χ0) is 20.1. The number of aromatic nitrogens is 1. The van der Waals surface area contributed by atoms with Crippen LogP contribution in [0, 0.1) is 12.7 Å². The topological polar surface area (TPSA) is 65.5 Å². The maximum Gasteiger partial charge on any atom is 0.340 e. The van der Waals surface area contributed by atoms with Gasteiger partial charge in [-0.1, -0.05) is 36.4 Å². The van der Waals surface area contributed by atoms with Crippen LogP contribution in [-0.2, 0) is 20.9 Å². The van der Waals surface area contributed by atoms with Gasteiger partial charge in [0.2, 0.25) is 0 Å². The first-order chi connectivity index (χ1) is 13.5. The van der Waals surface area contributed by atoms with Gasteiger partial charge in [0.25, 0.3) is 0 Å². The van der Waals surface area contributed by atoms with Crippen molar-refractivity contribution in [3.05, 3.63) is 82.8 Å². The molecule has 0 saturated carbocycles. The third-order valence-electron chi connectivity index (χ3n) is 4.27. The molecule has 6 heteroatoms. The van der Waals surface area contributed by atoms with Gasteiger partial charge in [-0.25, -0.2) is 19.0 Å². The van der Waals surface area contributed by atoms with Crippen molar-refractivity contribution in [1.29, 1.82) is 0 Å². The van der Waals surface area contributed by atoms with E-state index in [9.17, 15) is 14.0 Å². The molecule has 28 heavy (non-hydrogen) atoms. The fourth-order valence-corrected chi connectivity index (χ4v) is 2.87. The average molecular weight is 379 g/mol. The van der Waals surface area contributed by atoms with E-state index >= 15 is 0 Å². The molecule has 2 aromatic carbocycles. The number of hydrogen-bond donors (Lipinski definition) is 0. The van der Waals surface area contributed by atoms with Gasteiger partial charge in [0.15, 0.2) is 0 Å². The van der Waals surface area contributed by atoms with Crippen LogP contribution in [0.4, 0.5) is 4.39 Å². The number of rotatable bonds is 5. The SMILES string of the molecule is COC(=O)c1c(COC(=O)/C=C/c2ccccc2F)nc2ccccc2c1C. The van der Waals surface area contributed by atoms with E-state index in [1.54, 1.807) is 25.1 Å². The highest BCUT2D eigenvalue weighted by Gasteiger charge is 2.20. The summed E-state index contributed by atoms with van der Waals surface area (Å²) in [5.41, 5.74) is 2.23. The monoisotopic (exact) mass is 379 g/mol. The zero-order valence-corrected chi connectivity index (χ0v) is 15.4. The molecule has 0 saturated heterocycles. The molecule has 1 aromatic heterocycles. The molecule has 0 aliphatic heterocycles. The Labute approximate surface area is 161 Å². The lowest BCUT2D eigenvalue weighted by molar-refractivity contribution is -0.139. The second-order valence-electron chi connectivity index (χ2n) is 6.03. The number of methoxy groups -OCH3 is 1. The van der Waals surface area contributed by atoms with Gasteiger partial charge in [0.05, 0.1) is 23.9 Å². The van der Waals surface area contributed by atoms with Gasteiger partial charge in [0.1, 0.15) is 12.4 Å². The number of benzene rings is 2. The van der Waals surface area contributed by atoms with Crippen molar-refractivity contribution < 1.29 is 23.5 Å². The number of aryl methyl sites for hydroxylation is 1. The maximum absolute atomic E-state index is 13.6. The minimum absolute atomic E-state index is 0.212. The first-order valence-electron chi connectivity index (χ1n) is 8.57. The second kappa shape index (κ2) is 8.43. The molecular formula is C22H18FNO4. The van der Waals surface area contributed by atoms with Crippen molar-refractivity contribution in [2.45, 2.75) is 13.5 Å². The van der Waals surface area contributed by atoms with E-state index in [0.717, 1.165) is 11.5 Å². The molecule has 142 valence electrons. The standard InChI is InChI=1S/C22H18FNO4/c1-14-16-8-4-6-10-18(16)24-19(21(14)22(26)27-2)13-28-20(25)12-11-15-7-3-5-9-17(15)23/h3-12H,13H2,1-2H3/b12-11+. The lowest BCUT2D eigenvalue weighted by Crippen LogP contribution is -2.13. The molecule has 0 atom stereocenters. The molecule has 0 radical (unpaired) electrons. The van der Waals surface area contributed by atoms with E-state index in [2.05, 4.69) is 4.98 Å². The minimum Gasteiger partial charge on any atom is -0.465 e. The Hall–Kier alpha value is -3.54. The van der Waals surface area contributed by atoms with E-state index in [1.807, 2.05) is 24.3 Å². The number of pyridine rings is 1. The van der Waals surface area contributed by atoms with E-state index < -0.39 is 17.8 Å². The number of hydrogen-bond acceptors (Lipinski definition) is 5. The predicted octanol–water partition coefficient (Wildman–Crippen LogP) is 4.23. The Morgan fingerprint density at radius 1 is 1.11 bits per heavy atom. The van der Waals surface area contributed by atoms with E-state index in [1.165, 1.54) is 19.3 Å². The Morgan fingerprint density at radius 3 is 2.57 bits per heavy atom. The second-order valence-corrected chi connectivity index (χ2v) is 6.03. The molecule has 5 nitrogen and oxygen atoms in total. The number of carbonyl (C=O) groups excluding carboxylic acids is 2. The van der Waals surface area contributed by atoms with Crippen molar-refractivity contribution in [2.24, 2.45) is 0 Å². The highest BCUT2D eigenvalue weighted by atomic mass is 19.1. The van der Waals surface area contributed by atoms with Crippen molar-refractivity contribution in [2.75, 3.05) is 7.11 Å². The first kappa shape index (κ1) is 19.2. The summed E-state index contributed by atoms with van der Waals surface area (Å²) < 4.78 is 23.7. The van der Waals surface area contributed by atoms with Crippen LogP contribution in [0.2, 0.25) is 0 Å². The summed E-state index contributed by atoms with van der Waals surface area (Å²) in [6.45, 7) is 1.58. The molecule has 0 amide bonds. The summed E-state index contributed by atoms with van der Waals surface area (Å²) in [6, 6.07) is 13.4. The van der Waals surface area contributed by atoms with Crippen LogP contribution in [-0.4, -0.2) is 24.0 Å². The lowest BCUT2D eigenvalue weighted by Gasteiger charge is -2.13. The van der Waals surface area contributed by atoms with Gasteiger partial charge in [-0.2, -0.15) is 0 Å². The average Bonchev–Trinajstić information content (AvgIpc) is 2.71. The zero-order valence-electron chi connectivity index (χ0n) is 15.4. The highest BCUT2D eigenvalue weighted by molar-refractivity contribution is 5.98. The van der Waals surface area contributed by atoms with Crippen LogP contribution < -0.4 is 0 Å². The van der Waals surface area contributed by atoms with Crippen LogP contribution in [0.5, 0.6) is 0 Å². The summed E-state index contributed by atoms with van der Waals surface area (Å²) in [4.78, 5) is 28.7. The predicted molar refractivity (Wildman–Crippen MR) is 103 cm³/mol. The summed E-state index contributed by atoms with van der Waals surface area (Å²) >= 11 is 0. The van der Waals surface area contributed by atoms with Crippen LogP contribution >= 0.6 is 0 Å². The van der Waals surface area contributed by atoms with Gasteiger partial charge < -0.3 is 9.47 Å².